The molecule has 0 spiro atoms. The third-order valence-corrected chi connectivity index (χ3v) is 5.30. The third kappa shape index (κ3) is 3.98. The lowest BCUT2D eigenvalue weighted by Gasteiger charge is -2.19. The van der Waals surface area contributed by atoms with Gasteiger partial charge in [0, 0.05) is 14.1 Å². The summed E-state index contributed by atoms with van der Waals surface area (Å²) in [6, 6.07) is 22.8. The van der Waals surface area contributed by atoms with Crippen LogP contribution in [0, 0.1) is 11.3 Å². The molecule has 0 fully saturated rings. The highest BCUT2D eigenvalue weighted by Gasteiger charge is 2.31. The molecule has 32 heavy (non-hydrogen) atoms. The van der Waals surface area contributed by atoms with Gasteiger partial charge < -0.3 is 19.3 Å². The molecule has 0 atom stereocenters. The van der Waals surface area contributed by atoms with Crippen molar-refractivity contribution in [1.82, 2.24) is 0 Å². The highest BCUT2D eigenvalue weighted by atomic mass is 16.6. The summed E-state index contributed by atoms with van der Waals surface area (Å²) in [5.74, 6) is -0.292. The molecule has 3 aromatic carbocycles. The predicted molar refractivity (Wildman–Crippen MR) is 121 cm³/mol. The first kappa shape index (κ1) is 20.9. The molecule has 0 aromatic heterocycles. The Morgan fingerprint density at radius 3 is 2.16 bits per heavy atom. The Bertz CT molecular complexity index is 1240. The highest BCUT2D eigenvalue weighted by molar-refractivity contribution is 6.03. The van der Waals surface area contributed by atoms with Gasteiger partial charge in [-0.15, -0.1) is 0 Å². The van der Waals surface area contributed by atoms with E-state index in [1.807, 2.05) is 66.7 Å². The molecule has 0 aliphatic carbocycles. The molecule has 0 amide bonds. The van der Waals surface area contributed by atoms with Crippen molar-refractivity contribution < 1.29 is 19.1 Å². The van der Waals surface area contributed by atoms with Crippen molar-refractivity contribution in [3.63, 3.8) is 0 Å². The van der Waals surface area contributed by atoms with Gasteiger partial charge in [0.25, 0.3) is 0 Å². The van der Waals surface area contributed by atoms with Crippen LogP contribution in [0.4, 0.5) is 11.4 Å². The molecular formula is C25H21N3O4. The van der Waals surface area contributed by atoms with E-state index in [1.165, 1.54) is 0 Å². The van der Waals surface area contributed by atoms with E-state index in [0.717, 1.165) is 22.1 Å². The van der Waals surface area contributed by atoms with Crippen molar-refractivity contribution in [1.29, 1.82) is 5.26 Å². The highest BCUT2D eigenvalue weighted by Crippen LogP contribution is 2.40. The molecule has 7 nitrogen and oxygen atoms in total. The summed E-state index contributed by atoms with van der Waals surface area (Å²) in [5.41, 5.74) is 1.69. The summed E-state index contributed by atoms with van der Waals surface area (Å²) in [6.45, 7) is -0.875. The number of hydrogen-bond acceptors (Lipinski definition) is 7. The van der Waals surface area contributed by atoms with E-state index >= 15 is 0 Å². The Labute approximate surface area is 185 Å². The molecule has 0 bridgehead atoms. The summed E-state index contributed by atoms with van der Waals surface area (Å²) in [5, 5.41) is 11.7. The molecule has 0 N–H and O–H groups in total. The van der Waals surface area contributed by atoms with Gasteiger partial charge in [0.05, 0.1) is 11.4 Å². The maximum atomic E-state index is 12.7. The maximum absolute atomic E-state index is 12.7. The second kappa shape index (κ2) is 8.82. The lowest BCUT2D eigenvalue weighted by atomic mass is 10.1. The molecule has 7 heteroatoms. The van der Waals surface area contributed by atoms with Crippen molar-refractivity contribution in [3.8, 4) is 11.8 Å². The van der Waals surface area contributed by atoms with Crippen LogP contribution in [0.3, 0.4) is 0 Å². The number of nitriles is 1. The number of esters is 1. The van der Waals surface area contributed by atoms with Gasteiger partial charge in [-0.05, 0) is 35.0 Å². The summed E-state index contributed by atoms with van der Waals surface area (Å²) in [6.07, 6.45) is 0. The summed E-state index contributed by atoms with van der Waals surface area (Å²) in [4.78, 5) is 28.3. The molecule has 160 valence electrons. The average Bonchev–Trinajstić information content (AvgIpc) is 3.07. The Morgan fingerprint density at radius 2 is 1.50 bits per heavy atom. The summed E-state index contributed by atoms with van der Waals surface area (Å²) >= 11 is 0. The molecule has 1 aliphatic heterocycles. The predicted octanol–water partition coefficient (Wildman–Crippen LogP) is 3.65. The number of ether oxygens (including phenoxy) is 2. The van der Waals surface area contributed by atoms with E-state index in [4.69, 9.17) is 9.47 Å². The summed E-state index contributed by atoms with van der Waals surface area (Å²) < 4.78 is 10.6. The number of fused-ring (bicyclic) bond motifs is 2. The van der Waals surface area contributed by atoms with E-state index in [2.05, 4.69) is 0 Å². The smallest absolute Gasteiger partial charge is 0.344 e. The zero-order valence-electron chi connectivity index (χ0n) is 17.7. The number of anilines is 2. The Kier molecular flexibility index (Phi) is 5.77. The van der Waals surface area contributed by atoms with E-state index in [-0.39, 0.29) is 12.2 Å². The standard InChI is InChI=1S/C25H21N3O4/c1-27-21-9-5-6-10-22(21)28(2)25(27)20(14-26)23(29)15-32-24(30)16-31-19-12-11-17-7-3-4-8-18(17)13-19/h3-13H,15-16H2,1-2H3. The number of benzene rings is 3. The normalized spacial score (nSPS) is 12.3. The minimum Gasteiger partial charge on any atom is -0.482 e. The molecule has 0 unspecified atom stereocenters. The van der Waals surface area contributed by atoms with Gasteiger partial charge in [-0.2, -0.15) is 5.26 Å². The first-order valence-corrected chi connectivity index (χ1v) is 10.0. The largest absolute Gasteiger partial charge is 0.482 e. The van der Waals surface area contributed by atoms with Crippen molar-refractivity contribution in [2.24, 2.45) is 0 Å². The zero-order valence-corrected chi connectivity index (χ0v) is 17.7. The van der Waals surface area contributed by atoms with Crippen LogP contribution in [-0.2, 0) is 14.3 Å². The van der Waals surface area contributed by atoms with Crippen LogP contribution in [-0.4, -0.2) is 39.1 Å². The number of rotatable bonds is 6. The van der Waals surface area contributed by atoms with Crippen molar-refractivity contribution in [2.45, 2.75) is 0 Å². The number of hydrogen-bond donors (Lipinski definition) is 0. The van der Waals surface area contributed by atoms with Crippen LogP contribution in [0.15, 0.2) is 78.1 Å². The lowest BCUT2D eigenvalue weighted by molar-refractivity contribution is -0.149. The number of Topliss-reactive ketones (excluding diaryl/α,β-unsaturated/α-hetero) is 1. The van der Waals surface area contributed by atoms with Crippen LogP contribution in [0.25, 0.3) is 10.8 Å². The molecular weight excluding hydrogens is 406 g/mol. The fourth-order valence-corrected chi connectivity index (χ4v) is 3.72. The van der Waals surface area contributed by atoms with Crippen LogP contribution < -0.4 is 14.5 Å². The van der Waals surface area contributed by atoms with Crippen LogP contribution in [0.5, 0.6) is 5.75 Å². The number of ketones is 1. The number of carbonyl (C=O) groups excluding carboxylic acids is 2. The number of carbonyl (C=O) groups is 2. The maximum Gasteiger partial charge on any atom is 0.344 e. The zero-order chi connectivity index (χ0) is 22.7. The Morgan fingerprint density at radius 1 is 0.875 bits per heavy atom. The Hall–Kier alpha value is -4.31. The molecule has 0 radical (unpaired) electrons. The van der Waals surface area contributed by atoms with Crippen LogP contribution in [0.2, 0.25) is 0 Å². The second-order valence-corrected chi connectivity index (χ2v) is 7.30. The minimum absolute atomic E-state index is 0.0746. The monoisotopic (exact) mass is 427 g/mol. The van der Waals surface area contributed by atoms with Crippen molar-refractivity contribution in [3.05, 3.63) is 78.1 Å². The van der Waals surface area contributed by atoms with E-state index in [9.17, 15) is 14.9 Å². The summed E-state index contributed by atoms with van der Waals surface area (Å²) in [7, 11) is 3.57. The fourth-order valence-electron chi connectivity index (χ4n) is 3.72. The van der Waals surface area contributed by atoms with Gasteiger partial charge in [-0.3, -0.25) is 4.79 Å². The van der Waals surface area contributed by atoms with Gasteiger partial charge in [0.15, 0.2) is 13.2 Å². The molecule has 1 heterocycles. The first-order chi connectivity index (χ1) is 15.5. The topological polar surface area (TPSA) is 82.9 Å². The molecule has 0 saturated heterocycles. The van der Waals surface area contributed by atoms with Crippen LogP contribution in [0.1, 0.15) is 0 Å². The first-order valence-electron chi connectivity index (χ1n) is 10.0. The van der Waals surface area contributed by atoms with Gasteiger partial charge in [0.2, 0.25) is 5.78 Å². The average molecular weight is 427 g/mol. The third-order valence-electron chi connectivity index (χ3n) is 5.30. The van der Waals surface area contributed by atoms with Gasteiger partial charge in [-0.25, -0.2) is 4.79 Å². The van der Waals surface area contributed by atoms with E-state index < -0.39 is 18.4 Å². The van der Waals surface area contributed by atoms with Gasteiger partial charge >= 0.3 is 5.97 Å². The quantitative estimate of drug-likeness (QED) is 0.337. The molecule has 3 aromatic rings. The van der Waals surface area contributed by atoms with E-state index in [1.54, 1.807) is 30.0 Å². The molecule has 4 rings (SSSR count). The van der Waals surface area contributed by atoms with Gasteiger partial charge in [-0.1, -0.05) is 42.5 Å². The lowest BCUT2D eigenvalue weighted by Crippen LogP contribution is -2.28. The molecule has 1 aliphatic rings. The van der Waals surface area contributed by atoms with Crippen molar-refractivity contribution >= 4 is 33.9 Å². The number of para-hydroxylation sites is 2. The van der Waals surface area contributed by atoms with Crippen molar-refractivity contribution in [2.75, 3.05) is 37.1 Å². The SMILES string of the molecule is CN1C(=C(C#N)C(=O)COC(=O)COc2ccc3ccccc3c2)N(C)c2ccccc21. The molecule has 0 saturated carbocycles. The van der Waals surface area contributed by atoms with Gasteiger partial charge in [0.1, 0.15) is 23.2 Å². The van der Waals surface area contributed by atoms with E-state index in [0.29, 0.717) is 11.6 Å². The second-order valence-electron chi connectivity index (χ2n) is 7.30. The number of nitrogens with zero attached hydrogens (tertiary/aromatic N) is 3. The minimum atomic E-state index is -0.690. The van der Waals surface area contributed by atoms with Crippen LogP contribution >= 0.6 is 0 Å². The fraction of sp³-hybridized carbons (Fsp3) is 0.160. The Balaban J connectivity index is 1.38.